The van der Waals surface area contributed by atoms with Gasteiger partial charge in [0.15, 0.2) is 23.0 Å². The molecule has 0 N–H and O–H groups in total. The Morgan fingerprint density at radius 3 is 1.91 bits per heavy atom. The van der Waals surface area contributed by atoms with Crippen LogP contribution in [0, 0.1) is 0 Å². The van der Waals surface area contributed by atoms with Crippen molar-refractivity contribution in [3.8, 4) is 28.7 Å². The number of rotatable bonds is 20. The van der Waals surface area contributed by atoms with E-state index in [4.69, 9.17) is 28.4 Å². The number of aliphatic carboxylic acids is 1. The molecule has 2 atom stereocenters. The van der Waals surface area contributed by atoms with Crippen LogP contribution < -0.4 is 28.8 Å². The predicted molar refractivity (Wildman–Crippen MR) is 169 cm³/mol. The van der Waals surface area contributed by atoms with Crippen molar-refractivity contribution in [2.45, 2.75) is 76.7 Å². The Morgan fingerprint density at radius 1 is 0.756 bits per heavy atom. The number of benzene rings is 2. The van der Waals surface area contributed by atoms with E-state index < -0.39 is 5.97 Å². The molecule has 0 aromatic heterocycles. The number of hydrogen-bond acceptors (Lipinski definition) is 9. The van der Waals surface area contributed by atoms with Crippen molar-refractivity contribution < 1.29 is 47.6 Å². The number of hydrogen-bond donors (Lipinski definition) is 0. The Kier molecular flexibility index (Phi) is 14.1. The number of carbonyl (C=O) groups is 2. The standard InChI is InChI=1S/C35H51NO9/c1-36(17-13-19-45-34(39)15-12-10-8-7-9-11-14-33(37)38)18-16-26-23-29(40-2)30(41-3)24-27(26)28(36)20-25-21-31(42-4)35(44-6)32(22-25)43-5/h21-24,28H,7-20H2,1-6H3/t28-,36-/m1/s1. The number of nitrogens with zero attached hydrogens (tertiary/aromatic N) is 1. The van der Waals surface area contributed by atoms with Crippen molar-refractivity contribution in [2.75, 3.05) is 62.3 Å². The molecule has 250 valence electrons. The van der Waals surface area contributed by atoms with Crippen LogP contribution in [0.1, 0.15) is 80.5 Å². The van der Waals surface area contributed by atoms with Crippen LogP contribution in [0.25, 0.3) is 0 Å². The number of esters is 1. The van der Waals surface area contributed by atoms with Gasteiger partial charge in [0.05, 0.1) is 62.3 Å². The van der Waals surface area contributed by atoms with Crippen LogP contribution in [0.4, 0.5) is 0 Å². The molecular weight excluding hydrogens is 578 g/mol. The largest absolute Gasteiger partial charge is 0.550 e. The van der Waals surface area contributed by atoms with Crippen LogP contribution in [-0.2, 0) is 27.2 Å². The van der Waals surface area contributed by atoms with Crippen LogP contribution in [0.5, 0.6) is 28.7 Å². The van der Waals surface area contributed by atoms with Gasteiger partial charge < -0.3 is 42.8 Å². The minimum absolute atomic E-state index is 0.0961. The first-order chi connectivity index (χ1) is 21.7. The van der Waals surface area contributed by atoms with E-state index in [0.717, 1.165) is 80.3 Å². The van der Waals surface area contributed by atoms with Crippen LogP contribution >= 0.6 is 0 Å². The van der Waals surface area contributed by atoms with E-state index in [9.17, 15) is 14.7 Å². The molecule has 0 bridgehead atoms. The lowest BCUT2D eigenvalue weighted by molar-refractivity contribution is -0.941. The number of methoxy groups -OCH3 is 5. The molecule has 2 aromatic rings. The second kappa shape index (κ2) is 17.7. The normalized spacial score (nSPS) is 17.2. The molecule has 1 aliphatic heterocycles. The van der Waals surface area contributed by atoms with E-state index in [-0.39, 0.29) is 18.4 Å². The minimum Gasteiger partial charge on any atom is -0.550 e. The van der Waals surface area contributed by atoms with Gasteiger partial charge >= 0.3 is 5.97 Å². The van der Waals surface area contributed by atoms with Gasteiger partial charge in [0.25, 0.3) is 0 Å². The molecule has 0 saturated carbocycles. The maximum atomic E-state index is 12.4. The molecule has 10 heteroatoms. The van der Waals surface area contributed by atoms with E-state index in [0.29, 0.717) is 42.4 Å². The Bertz CT molecular complexity index is 1240. The molecular formula is C35H51NO9. The van der Waals surface area contributed by atoms with E-state index in [1.807, 2.05) is 12.1 Å². The van der Waals surface area contributed by atoms with Crippen molar-refractivity contribution in [3.63, 3.8) is 0 Å². The number of carboxylic acids is 1. The Labute approximate surface area is 268 Å². The molecule has 0 aliphatic carbocycles. The Balaban J connectivity index is 1.67. The fraction of sp³-hybridized carbons (Fsp3) is 0.600. The zero-order chi connectivity index (χ0) is 32.8. The zero-order valence-electron chi connectivity index (χ0n) is 27.9. The van der Waals surface area contributed by atoms with Gasteiger partial charge in [-0.3, -0.25) is 4.79 Å². The SMILES string of the molecule is COc1cc2c(cc1OC)[C@@H](Cc1cc(OC)c(OC)c(OC)c1)[N@+](C)(CCCOC(=O)CCCCCCCCC(=O)[O-])CC2. The number of carboxylic acid groups (broad SMARTS) is 1. The fourth-order valence-electron chi connectivity index (χ4n) is 6.34. The van der Waals surface area contributed by atoms with Crippen molar-refractivity contribution in [1.82, 2.24) is 0 Å². The van der Waals surface area contributed by atoms with Gasteiger partial charge in [-0.05, 0) is 54.7 Å². The molecule has 0 fully saturated rings. The summed E-state index contributed by atoms with van der Waals surface area (Å²) in [4.78, 5) is 22.9. The third-order valence-electron chi connectivity index (χ3n) is 8.89. The number of quaternary nitrogens is 1. The summed E-state index contributed by atoms with van der Waals surface area (Å²) in [6.45, 7) is 2.14. The van der Waals surface area contributed by atoms with Crippen molar-refractivity contribution >= 4 is 11.9 Å². The Hall–Kier alpha value is -3.66. The molecule has 1 aliphatic rings. The molecule has 0 spiro atoms. The molecule has 0 unspecified atom stereocenters. The number of unbranched alkanes of at least 4 members (excludes halogenated alkanes) is 5. The van der Waals surface area contributed by atoms with Gasteiger partial charge in [-0.25, -0.2) is 0 Å². The van der Waals surface area contributed by atoms with Gasteiger partial charge in [0.1, 0.15) is 6.04 Å². The lowest BCUT2D eigenvalue weighted by atomic mass is 9.86. The summed E-state index contributed by atoms with van der Waals surface area (Å²) in [5, 5.41) is 10.5. The van der Waals surface area contributed by atoms with Gasteiger partial charge in [-0.15, -0.1) is 0 Å². The molecule has 10 nitrogen and oxygen atoms in total. The van der Waals surface area contributed by atoms with Crippen molar-refractivity contribution in [2.24, 2.45) is 0 Å². The monoisotopic (exact) mass is 629 g/mol. The van der Waals surface area contributed by atoms with Gasteiger partial charge in [0, 0.05) is 37.2 Å². The topological polar surface area (TPSA) is 113 Å². The summed E-state index contributed by atoms with van der Waals surface area (Å²) >= 11 is 0. The van der Waals surface area contributed by atoms with Gasteiger partial charge in [-0.2, -0.15) is 0 Å². The first kappa shape index (κ1) is 35.8. The maximum Gasteiger partial charge on any atom is 0.305 e. The highest BCUT2D eigenvalue weighted by Gasteiger charge is 2.40. The van der Waals surface area contributed by atoms with Crippen molar-refractivity contribution in [1.29, 1.82) is 0 Å². The van der Waals surface area contributed by atoms with Crippen LogP contribution in [0.3, 0.4) is 0 Å². The van der Waals surface area contributed by atoms with Gasteiger partial charge in [-0.1, -0.05) is 25.7 Å². The summed E-state index contributed by atoms with van der Waals surface area (Å²) in [5.74, 6) is 2.07. The number of ether oxygens (including phenoxy) is 6. The highest BCUT2D eigenvalue weighted by Crippen LogP contribution is 2.44. The average Bonchev–Trinajstić information content (AvgIpc) is 3.04. The molecule has 1 heterocycles. The Morgan fingerprint density at radius 2 is 1.33 bits per heavy atom. The molecule has 0 amide bonds. The molecule has 0 radical (unpaired) electrons. The minimum atomic E-state index is -0.992. The summed E-state index contributed by atoms with van der Waals surface area (Å²) in [6.07, 6.45) is 8.09. The summed E-state index contributed by atoms with van der Waals surface area (Å²) < 4.78 is 34.6. The average molecular weight is 630 g/mol. The third kappa shape index (κ3) is 9.91. The number of likely N-dealkylation sites (N-methyl/N-ethyl adjacent to an activating group) is 1. The molecule has 2 aromatic carbocycles. The zero-order valence-corrected chi connectivity index (χ0v) is 27.9. The maximum absolute atomic E-state index is 12.4. The quantitative estimate of drug-likeness (QED) is 0.116. The second-order valence-corrected chi connectivity index (χ2v) is 11.9. The highest BCUT2D eigenvalue weighted by molar-refractivity contribution is 5.69. The smallest absolute Gasteiger partial charge is 0.305 e. The summed E-state index contributed by atoms with van der Waals surface area (Å²) in [5.41, 5.74) is 3.52. The second-order valence-electron chi connectivity index (χ2n) is 11.9. The third-order valence-corrected chi connectivity index (χ3v) is 8.89. The number of fused-ring (bicyclic) bond motifs is 1. The van der Waals surface area contributed by atoms with E-state index in [2.05, 4.69) is 19.2 Å². The van der Waals surface area contributed by atoms with Crippen LogP contribution in [-0.4, -0.2) is 78.7 Å². The fourth-order valence-corrected chi connectivity index (χ4v) is 6.34. The lowest BCUT2D eigenvalue weighted by Crippen LogP contribution is -2.52. The predicted octanol–water partition coefficient (Wildman–Crippen LogP) is 4.82. The first-order valence-electron chi connectivity index (χ1n) is 15.9. The molecule has 0 saturated heterocycles. The summed E-state index contributed by atoms with van der Waals surface area (Å²) in [7, 11) is 10.4. The highest BCUT2D eigenvalue weighted by atomic mass is 16.5. The van der Waals surface area contributed by atoms with Crippen LogP contribution in [0.15, 0.2) is 24.3 Å². The summed E-state index contributed by atoms with van der Waals surface area (Å²) in [6, 6.07) is 8.32. The number of carbonyl (C=O) groups excluding carboxylic acids is 2. The first-order valence-corrected chi connectivity index (χ1v) is 15.9. The van der Waals surface area contributed by atoms with E-state index >= 15 is 0 Å². The van der Waals surface area contributed by atoms with Gasteiger partial charge in [0.2, 0.25) is 5.75 Å². The van der Waals surface area contributed by atoms with E-state index in [1.165, 1.54) is 11.1 Å². The molecule has 45 heavy (non-hydrogen) atoms. The van der Waals surface area contributed by atoms with E-state index in [1.54, 1.807) is 35.5 Å². The molecule has 3 rings (SSSR count). The van der Waals surface area contributed by atoms with Crippen LogP contribution in [0.2, 0.25) is 0 Å². The van der Waals surface area contributed by atoms with Crippen molar-refractivity contribution in [3.05, 3.63) is 41.0 Å². The lowest BCUT2D eigenvalue weighted by Gasteiger charge is -2.46.